The molecule has 0 spiro atoms. The first kappa shape index (κ1) is 11.7. The maximum atomic E-state index is 10.9. The largest absolute Gasteiger partial charge is 0.300 e. The number of hydrogen-bond donors (Lipinski definition) is 0. The average molecular weight is 196 g/mol. The third-order valence-electron chi connectivity index (χ3n) is 3.38. The topological polar surface area (TPSA) is 17.1 Å². The molecule has 0 amide bonds. The fourth-order valence-corrected chi connectivity index (χ4v) is 2.41. The normalized spacial score (nSPS) is 20.9. The Kier molecular flexibility index (Phi) is 5.89. The molecule has 0 N–H and O–H groups in total. The molecule has 0 atom stereocenters. The van der Waals surface area contributed by atoms with Crippen LogP contribution in [0.5, 0.6) is 0 Å². The lowest BCUT2D eigenvalue weighted by Crippen LogP contribution is -2.03. The lowest BCUT2D eigenvalue weighted by molar-refractivity contribution is -0.117. The van der Waals surface area contributed by atoms with Gasteiger partial charge in [-0.2, -0.15) is 0 Å². The van der Waals surface area contributed by atoms with Crippen LogP contribution in [0.25, 0.3) is 0 Å². The van der Waals surface area contributed by atoms with E-state index in [2.05, 4.69) is 0 Å². The van der Waals surface area contributed by atoms with Crippen molar-refractivity contribution in [1.29, 1.82) is 0 Å². The lowest BCUT2D eigenvalue weighted by atomic mass is 9.92. The fraction of sp³-hybridized carbons (Fsp3) is 0.923. The SMILES string of the molecule is CC(=O)CCC1CCCCCCCC1. The summed E-state index contributed by atoms with van der Waals surface area (Å²) in [5.41, 5.74) is 0. The molecule has 1 aliphatic carbocycles. The molecule has 0 aromatic carbocycles. The van der Waals surface area contributed by atoms with Gasteiger partial charge in [-0.3, -0.25) is 0 Å². The van der Waals surface area contributed by atoms with Gasteiger partial charge in [-0.25, -0.2) is 0 Å². The third kappa shape index (κ3) is 5.41. The summed E-state index contributed by atoms with van der Waals surface area (Å²) in [5, 5.41) is 0. The molecule has 1 fully saturated rings. The van der Waals surface area contributed by atoms with Gasteiger partial charge in [-0.05, 0) is 19.3 Å². The highest BCUT2D eigenvalue weighted by atomic mass is 16.1. The van der Waals surface area contributed by atoms with Crippen LogP contribution < -0.4 is 0 Å². The molecular weight excluding hydrogens is 172 g/mol. The Morgan fingerprint density at radius 1 is 1.00 bits per heavy atom. The van der Waals surface area contributed by atoms with Crippen LogP contribution in [0.1, 0.15) is 71.1 Å². The van der Waals surface area contributed by atoms with Gasteiger partial charge in [0, 0.05) is 6.42 Å². The highest BCUT2D eigenvalue weighted by Crippen LogP contribution is 2.25. The molecule has 0 aliphatic heterocycles. The Balaban J connectivity index is 2.21. The zero-order valence-electron chi connectivity index (χ0n) is 9.56. The van der Waals surface area contributed by atoms with Crippen molar-refractivity contribution in [1.82, 2.24) is 0 Å². The summed E-state index contributed by atoms with van der Waals surface area (Å²) in [7, 11) is 0. The number of Topliss-reactive ketones (excluding diaryl/α,β-unsaturated/α-hetero) is 1. The van der Waals surface area contributed by atoms with Crippen LogP contribution >= 0.6 is 0 Å². The summed E-state index contributed by atoms with van der Waals surface area (Å²) in [4.78, 5) is 10.9. The van der Waals surface area contributed by atoms with Crippen molar-refractivity contribution in [2.75, 3.05) is 0 Å². The van der Waals surface area contributed by atoms with Crippen LogP contribution in [0, 0.1) is 5.92 Å². The van der Waals surface area contributed by atoms with E-state index in [4.69, 9.17) is 0 Å². The summed E-state index contributed by atoms with van der Waals surface area (Å²) in [6, 6.07) is 0. The lowest BCUT2D eigenvalue weighted by Gasteiger charge is -2.14. The van der Waals surface area contributed by atoms with Crippen LogP contribution in [0.4, 0.5) is 0 Å². The molecule has 0 aromatic rings. The second-order valence-corrected chi connectivity index (χ2v) is 4.81. The van der Waals surface area contributed by atoms with Gasteiger partial charge in [0.25, 0.3) is 0 Å². The quantitative estimate of drug-likeness (QED) is 0.664. The smallest absolute Gasteiger partial charge is 0.129 e. The van der Waals surface area contributed by atoms with E-state index in [0.29, 0.717) is 5.78 Å². The van der Waals surface area contributed by atoms with Crippen molar-refractivity contribution < 1.29 is 4.79 Å². The molecule has 0 heterocycles. The number of rotatable bonds is 3. The van der Waals surface area contributed by atoms with E-state index in [-0.39, 0.29) is 0 Å². The van der Waals surface area contributed by atoms with Crippen molar-refractivity contribution in [2.24, 2.45) is 5.92 Å². The molecule has 0 bridgehead atoms. The number of hydrogen-bond acceptors (Lipinski definition) is 1. The Morgan fingerprint density at radius 2 is 1.50 bits per heavy atom. The highest BCUT2D eigenvalue weighted by Gasteiger charge is 2.11. The van der Waals surface area contributed by atoms with Gasteiger partial charge in [0.2, 0.25) is 0 Å². The zero-order valence-corrected chi connectivity index (χ0v) is 9.56. The van der Waals surface area contributed by atoms with Crippen molar-refractivity contribution in [3.8, 4) is 0 Å². The standard InChI is InChI=1S/C13H24O/c1-12(14)10-11-13-8-6-4-2-3-5-7-9-13/h13H,2-11H2,1H3. The minimum atomic E-state index is 0.366. The first-order valence-electron chi connectivity index (χ1n) is 6.28. The molecule has 1 nitrogen and oxygen atoms in total. The van der Waals surface area contributed by atoms with Crippen LogP contribution in [-0.2, 0) is 4.79 Å². The summed E-state index contributed by atoms with van der Waals surface area (Å²) in [6.07, 6.45) is 13.2. The Labute approximate surface area is 88.3 Å². The predicted octanol–water partition coefficient (Wildman–Crippen LogP) is 4.11. The summed E-state index contributed by atoms with van der Waals surface area (Å²) in [6.45, 7) is 1.72. The molecule has 82 valence electrons. The summed E-state index contributed by atoms with van der Waals surface area (Å²) in [5.74, 6) is 1.21. The Hall–Kier alpha value is -0.330. The second-order valence-electron chi connectivity index (χ2n) is 4.81. The first-order valence-corrected chi connectivity index (χ1v) is 6.28. The van der Waals surface area contributed by atoms with E-state index in [1.807, 2.05) is 0 Å². The van der Waals surface area contributed by atoms with Gasteiger partial charge < -0.3 is 4.79 Å². The van der Waals surface area contributed by atoms with Gasteiger partial charge in [0.15, 0.2) is 0 Å². The summed E-state index contributed by atoms with van der Waals surface area (Å²) < 4.78 is 0. The van der Waals surface area contributed by atoms with Crippen molar-refractivity contribution >= 4 is 5.78 Å². The zero-order chi connectivity index (χ0) is 10.2. The van der Waals surface area contributed by atoms with Crippen molar-refractivity contribution in [3.63, 3.8) is 0 Å². The first-order chi connectivity index (χ1) is 6.79. The molecule has 1 heteroatoms. The molecule has 0 aromatic heterocycles. The van der Waals surface area contributed by atoms with Crippen LogP contribution in [0.2, 0.25) is 0 Å². The fourth-order valence-electron chi connectivity index (χ4n) is 2.41. The molecule has 1 aliphatic rings. The molecule has 14 heavy (non-hydrogen) atoms. The van der Waals surface area contributed by atoms with E-state index >= 15 is 0 Å². The molecule has 1 rings (SSSR count). The number of carbonyl (C=O) groups excluding carboxylic acids is 1. The highest BCUT2D eigenvalue weighted by molar-refractivity contribution is 5.75. The maximum Gasteiger partial charge on any atom is 0.129 e. The second kappa shape index (κ2) is 7.03. The minimum Gasteiger partial charge on any atom is -0.300 e. The van der Waals surface area contributed by atoms with Crippen molar-refractivity contribution in [2.45, 2.75) is 71.1 Å². The molecule has 0 saturated heterocycles. The third-order valence-corrected chi connectivity index (χ3v) is 3.38. The Bertz CT molecular complexity index is 153. The van der Waals surface area contributed by atoms with Gasteiger partial charge in [0.1, 0.15) is 5.78 Å². The van der Waals surface area contributed by atoms with Crippen LogP contribution in [0.15, 0.2) is 0 Å². The molecule has 1 saturated carbocycles. The predicted molar refractivity (Wildman–Crippen MR) is 60.3 cm³/mol. The maximum absolute atomic E-state index is 10.9. The van der Waals surface area contributed by atoms with E-state index in [1.54, 1.807) is 6.92 Å². The average Bonchev–Trinajstić information content (AvgIpc) is 2.27. The minimum absolute atomic E-state index is 0.366. The van der Waals surface area contributed by atoms with Crippen LogP contribution in [0.3, 0.4) is 0 Å². The molecule has 0 unspecified atom stereocenters. The number of ketones is 1. The molecular formula is C13H24O. The van der Waals surface area contributed by atoms with E-state index in [9.17, 15) is 4.79 Å². The van der Waals surface area contributed by atoms with E-state index in [1.165, 1.54) is 51.4 Å². The van der Waals surface area contributed by atoms with Gasteiger partial charge in [-0.1, -0.05) is 51.4 Å². The van der Waals surface area contributed by atoms with E-state index in [0.717, 1.165) is 18.8 Å². The number of carbonyl (C=O) groups is 1. The Morgan fingerprint density at radius 3 is 2.00 bits per heavy atom. The van der Waals surface area contributed by atoms with E-state index < -0.39 is 0 Å². The summed E-state index contributed by atoms with van der Waals surface area (Å²) >= 11 is 0. The van der Waals surface area contributed by atoms with Gasteiger partial charge >= 0.3 is 0 Å². The van der Waals surface area contributed by atoms with Crippen LogP contribution in [-0.4, -0.2) is 5.78 Å². The van der Waals surface area contributed by atoms with Crippen molar-refractivity contribution in [3.05, 3.63) is 0 Å². The van der Waals surface area contributed by atoms with Gasteiger partial charge in [0.05, 0.1) is 0 Å². The van der Waals surface area contributed by atoms with Gasteiger partial charge in [-0.15, -0.1) is 0 Å². The monoisotopic (exact) mass is 196 g/mol. The molecule has 0 radical (unpaired) electrons.